The molecule has 0 radical (unpaired) electrons. The molecule has 1 atom stereocenters. The summed E-state index contributed by atoms with van der Waals surface area (Å²) in [6.45, 7) is 2.88. The van der Waals surface area contributed by atoms with Crippen molar-refractivity contribution in [3.8, 4) is 0 Å². The van der Waals surface area contributed by atoms with Gasteiger partial charge in [0, 0.05) is 18.6 Å². The lowest BCUT2D eigenvalue weighted by Crippen LogP contribution is -2.34. The minimum atomic E-state index is 0.516. The van der Waals surface area contributed by atoms with Crippen molar-refractivity contribution in [3.63, 3.8) is 0 Å². The monoisotopic (exact) mass is 114 g/mol. The van der Waals surface area contributed by atoms with Crippen molar-refractivity contribution in [2.24, 2.45) is 5.73 Å². The van der Waals surface area contributed by atoms with Crippen molar-refractivity contribution in [1.82, 2.24) is 5.32 Å². The van der Waals surface area contributed by atoms with E-state index in [0.717, 1.165) is 12.6 Å². The zero-order valence-electron chi connectivity index (χ0n) is 5.35. The van der Waals surface area contributed by atoms with E-state index < -0.39 is 0 Å². The summed E-state index contributed by atoms with van der Waals surface area (Å²) in [4.78, 5) is 0. The van der Waals surface area contributed by atoms with Gasteiger partial charge in [-0.05, 0) is 19.8 Å². The molecular formula is C6H14N2. The van der Waals surface area contributed by atoms with Crippen LogP contribution in [0.4, 0.5) is 0 Å². The fourth-order valence-electron chi connectivity index (χ4n) is 0.720. The predicted octanol–water partition coefficient (Wildman–Crippen LogP) is 0.0856. The normalized spacial score (nSPS) is 23.2. The van der Waals surface area contributed by atoms with E-state index in [1.807, 2.05) is 0 Å². The van der Waals surface area contributed by atoms with E-state index in [2.05, 4.69) is 12.2 Å². The van der Waals surface area contributed by atoms with Gasteiger partial charge in [0.25, 0.3) is 0 Å². The number of nitrogens with two attached hydrogens (primary N) is 1. The molecule has 0 aromatic rings. The minimum absolute atomic E-state index is 0.516. The van der Waals surface area contributed by atoms with Gasteiger partial charge in [0.05, 0.1) is 0 Å². The van der Waals surface area contributed by atoms with Gasteiger partial charge in [-0.1, -0.05) is 0 Å². The standard InChI is InChI=1S/C6H14N2/c1-5(4-7)8-6-2-3-6/h5-6,8H,2-4,7H2,1H3. The summed E-state index contributed by atoms with van der Waals surface area (Å²) in [5.74, 6) is 0. The van der Waals surface area contributed by atoms with Crippen LogP contribution in [0.15, 0.2) is 0 Å². The van der Waals surface area contributed by atoms with E-state index in [4.69, 9.17) is 5.73 Å². The van der Waals surface area contributed by atoms with Crippen molar-refractivity contribution >= 4 is 0 Å². The zero-order chi connectivity index (χ0) is 5.98. The van der Waals surface area contributed by atoms with Gasteiger partial charge < -0.3 is 11.1 Å². The molecule has 0 aliphatic heterocycles. The maximum absolute atomic E-state index is 5.39. The van der Waals surface area contributed by atoms with Gasteiger partial charge >= 0.3 is 0 Å². The van der Waals surface area contributed by atoms with Crippen LogP contribution in [0, 0.1) is 0 Å². The minimum Gasteiger partial charge on any atom is -0.329 e. The van der Waals surface area contributed by atoms with Gasteiger partial charge in [0.2, 0.25) is 0 Å². The number of rotatable bonds is 3. The van der Waals surface area contributed by atoms with E-state index in [-0.39, 0.29) is 0 Å². The Bertz CT molecular complexity index is 68.9. The van der Waals surface area contributed by atoms with Crippen LogP contribution in [0.25, 0.3) is 0 Å². The molecule has 0 amide bonds. The molecule has 0 aromatic carbocycles. The first kappa shape index (κ1) is 6.05. The summed E-state index contributed by atoms with van der Waals surface area (Å²) in [7, 11) is 0. The molecule has 2 nitrogen and oxygen atoms in total. The fraction of sp³-hybridized carbons (Fsp3) is 1.00. The largest absolute Gasteiger partial charge is 0.329 e. The molecule has 0 heterocycles. The molecule has 0 saturated heterocycles. The summed E-state index contributed by atoms with van der Waals surface area (Å²) in [5, 5.41) is 3.38. The average molecular weight is 114 g/mol. The van der Waals surface area contributed by atoms with Gasteiger partial charge in [-0.15, -0.1) is 0 Å². The van der Waals surface area contributed by atoms with E-state index in [9.17, 15) is 0 Å². The molecule has 0 spiro atoms. The molecule has 0 bridgehead atoms. The SMILES string of the molecule is CC(CN)NC1CC1. The van der Waals surface area contributed by atoms with Crippen LogP contribution in [0.2, 0.25) is 0 Å². The third-order valence-corrected chi connectivity index (χ3v) is 1.45. The highest BCUT2D eigenvalue weighted by Gasteiger charge is 2.21. The average Bonchev–Trinajstić information content (AvgIpc) is 2.50. The highest BCUT2D eigenvalue weighted by molar-refractivity contribution is 4.83. The molecule has 48 valence electrons. The van der Waals surface area contributed by atoms with Crippen molar-refractivity contribution < 1.29 is 0 Å². The Hall–Kier alpha value is -0.0800. The topological polar surface area (TPSA) is 38.0 Å². The van der Waals surface area contributed by atoms with Gasteiger partial charge in [-0.3, -0.25) is 0 Å². The van der Waals surface area contributed by atoms with E-state index >= 15 is 0 Å². The highest BCUT2D eigenvalue weighted by Crippen LogP contribution is 2.18. The quantitative estimate of drug-likeness (QED) is 0.545. The molecule has 8 heavy (non-hydrogen) atoms. The Labute approximate surface area is 50.4 Å². The third kappa shape index (κ3) is 1.80. The molecule has 1 saturated carbocycles. The lowest BCUT2D eigenvalue weighted by molar-refractivity contribution is 0.553. The molecule has 0 aromatic heterocycles. The number of hydrogen-bond donors (Lipinski definition) is 2. The predicted molar refractivity (Wildman–Crippen MR) is 34.7 cm³/mol. The fourth-order valence-corrected chi connectivity index (χ4v) is 0.720. The molecule has 3 N–H and O–H groups in total. The lowest BCUT2D eigenvalue weighted by Gasteiger charge is -2.08. The lowest BCUT2D eigenvalue weighted by atomic mass is 10.3. The molecule has 1 rings (SSSR count). The second-order valence-corrected chi connectivity index (χ2v) is 2.58. The smallest absolute Gasteiger partial charge is 0.0164 e. The summed E-state index contributed by atoms with van der Waals surface area (Å²) in [6, 6.07) is 1.32. The Morgan fingerprint density at radius 2 is 2.38 bits per heavy atom. The maximum Gasteiger partial charge on any atom is 0.0164 e. The second kappa shape index (κ2) is 2.46. The summed E-state index contributed by atoms with van der Waals surface area (Å²) >= 11 is 0. The first-order chi connectivity index (χ1) is 3.83. The maximum atomic E-state index is 5.39. The molecule has 1 aliphatic rings. The van der Waals surface area contributed by atoms with Gasteiger partial charge in [0.15, 0.2) is 0 Å². The van der Waals surface area contributed by atoms with E-state index in [1.165, 1.54) is 12.8 Å². The Morgan fingerprint density at radius 1 is 1.75 bits per heavy atom. The molecule has 1 aliphatic carbocycles. The van der Waals surface area contributed by atoms with Crippen molar-refractivity contribution in [1.29, 1.82) is 0 Å². The van der Waals surface area contributed by atoms with E-state index in [0.29, 0.717) is 6.04 Å². The van der Waals surface area contributed by atoms with Crippen molar-refractivity contribution in [2.75, 3.05) is 6.54 Å². The molecule has 1 fully saturated rings. The Kier molecular flexibility index (Phi) is 1.86. The third-order valence-electron chi connectivity index (χ3n) is 1.45. The Morgan fingerprint density at radius 3 is 2.75 bits per heavy atom. The van der Waals surface area contributed by atoms with Crippen LogP contribution in [0.1, 0.15) is 19.8 Å². The van der Waals surface area contributed by atoms with Gasteiger partial charge in [-0.25, -0.2) is 0 Å². The van der Waals surface area contributed by atoms with Gasteiger partial charge in [0.1, 0.15) is 0 Å². The number of hydrogen-bond acceptors (Lipinski definition) is 2. The molecule has 2 heteroatoms. The molecule has 1 unspecified atom stereocenters. The van der Waals surface area contributed by atoms with Gasteiger partial charge in [-0.2, -0.15) is 0 Å². The van der Waals surface area contributed by atoms with Crippen LogP contribution in [0.5, 0.6) is 0 Å². The van der Waals surface area contributed by atoms with Crippen LogP contribution in [-0.4, -0.2) is 18.6 Å². The van der Waals surface area contributed by atoms with Crippen LogP contribution >= 0.6 is 0 Å². The van der Waals surface area contributed by atoms with Crippen molar-refractivity contribution in [2.45, 2.75) is 31.8 Å². The summed E-state index contributed by atoms with van der Waals surface area (Å²) < 4.78 is 0. The zero-order valence-corrected chi connectivity index (χ0v) is 5.35. The highest BCUT2D eigenvalue weighted by atomic mass is 15.0. The first-order valence-corrected chi connectivity index (χ1v) is 3.29. The second-order valence-electron chi connectivity index (χ2n) is 2.58. The number of nitrogens with one attached hydrogen (secondary N) is 1. The van der Waals surface area contributed by atoms with E-state index in [1.54, 1.807) is 0 Å². The van der Waals surface area contributed by atoms with Crippen molar-refractivity contribution in [3.05, 3.63) is 0 Å². The summed E-state index contributed by atoms with van der Waals surface area (Å²) in [5.41, 5.74) is 5.39. The van der Waals surface area contributed by atoms with Crippen LogP contribution < -0.4 is 11.1 Å². The first-order valence-electron chi connectivity index (χ1n) is 3.29. The molecular weight excluding hydrogens is 100 g/mol. The Balaban J connectivity index is 1.98. The van der Waals surface area contributed by atoms with Crippen LogP contribution in [0.3, 0.4) is 0 Å². The van der Waals surface area contributed by atoms with Crippen LogP contribution in [-0.2, 0) is 0 Å². The summed E-state index contributed by atoms with van der Waals surface area (Å²) in [6.07, 6.45) is 2.70.